The standard InChI is InChI=1S/C35H28N4O/c1-20(2)28-18-22-10-5-6-11-24(22)31(21(3)4)32(28)39-30-15-8-7-14-29(30)38-34(39)27-13-9-12-25-26-17-16-23(19-36)37-35(26)40-33(25)27/h5-18,20-21H,1-4H3. The molecule has 0 unspecified atom stereocenters. The summed E-state index contributed by atoms with van der Waals surface area (Å²) in [6.07, 6.45) is 0. The Morgan fingerprint density at radius 2 is 1.55 bits per heavy atom. The van der Waals surface area contributed by atoms with Gasteiger partial charge in [0.15, 0.2) is 0 Å². The molecular weight excluding hydrogens is 492 g/mol. The van der Waals surface area contributed by atoms with Gasteiger partial charge in [-0.05, 0) is 70.1 Å². The number of nitriles is 1. The summed E-state index contributed by atoms with van der Waals surface area (Å²) in [7, 11) is 0. The van der Waals surface area contributed by atoms with Crippen molar-refractivity contribution >= 4 is 43.9 Å². The Kier molecular flexibility index (Phi) is 5.47. The normalized spacial score (nSPS) is 11.9. The van der Waals surface area contributed by atoms with E-state index in [0.717, 1.165) is 38.8 Å². The van der Waals surface area contributed by atoms with Gasteiger partial charge in [0.25, 0.3) is 0 Å². The fourth-order valence-electron chi connectivity index (χ4n) is 6.01. The molecule has 0 atom stereocenters. The number of furan rings is 1. The zero-order valence-corrected chi connectivity index (χ0v) is 22.9. The van der Waals surface area contributed by atoms with Crippen molar-refractivity contribution in [1.82, 2.24) is 14.5 Å². The molecule has 0 aliphatic carbocycles. The van der Waals surface area contributed by atoms with Crippen molar-refractivity contribution in [3.8, 4) is 23.1 Å². The first-order valence-corrected chi connectivity index (χ1v) is 13.7. The summed E-state index contributed by atoms with van der Waals surface area (Å²) >= 11 is 0. The maximum absolute atomic E-state index is 9.40. The highest BCUT2D eigenvalue weighted by molar-refractivity contribution is 6.08. The van der Waals surface area contributed by atoms with Gasteiger partial charge < -0.3 is 4.42 Å². The third kappa shape index (κ3) is 3.53. The molecule has 0 N–H and O–H groups in total. The van der Waals surface area contributed by atoms with Crippen LogP contribution in [0.5, 0.6) is 0 Å². The number of aromatic nitrogens is 3. The minimum atomic E-state index is 0.281. The van der Waals surface area contributed by atoms with E-state index in [-0.39, 0.29) is 5.92 Å². The number of hydrogen-bond acceptors (Lipinski definition) is 4. The van der Waals surface area contributed by atoms with Gasteiger partial charge in [0, 0.05) is 10.8 Å². The molecule has 5 nitrogen and oxygen atoms in total. The lowest BCUT2D eigenvalue weighted by Crippen LogP contribution is -2.09. The van der Waals surface area contributed by atoms with Gasteiger partial charge in [0.05, 0.1) is 22.3 Å². The predicted octanol–water partition coefficient (Wildman–Crippen LogP) is 9.26. The van der Waals surface area contributed by atoms with Gasteiger partial charge >= 0.3 is 0 Å². The third-order valence-corrected chi connectivity index (χ3v) is 7.79. The van der Waals surface area contributed by atoms with Crippen LogP contribution in [0.15, 0.2) is 89.3 Å². The molecule has 0 fully saturated rings. The smallest absolute Gasteiger partial charge is 0.228 e. The molecule has 0 aliphatic rings. The highest BCUT2D eigenvalue weighted by Gasteiger charge is 2.26. The second-order valence-corrected chi connectivity index (χ2v) is 11.0. The van der Waals surface area contributed by atoms with E-state index in [1.54, 1.807) is 6.07 Å². The van der Waals surface area contributed by atoms with Gasteiger partial charge in [-0.2, -0.15) is 5.26 Å². The van der Waals surface area contributed by atoms with Crippen molar-refractivity contribution in [1.29, 1.82) is 5.26 Å². The fraction of sp³-hybridized carbons (Fsp3) is 0.171. The summed E-state index contributed by atoms with van der Waals surface area (Å²) in [5.74, 6) is 1.40. The molecule has 0 saturated heterocycles. The molecule has 3 aromatic heterocycles. The van der Waals surface area contributed by atoms with Crippen molar-refractivity contribution in [2.75, 3.05) is 0 Å². The highest BCUT2D eigenvalue weighted by atomic mass is 16.3. The lowest BCUT2D eigenvalue weighted by atomic mass is 9.87. The molecular formula is C35H28N4O. The molecule has 4 aromatic carbocycles. The molecule has 0 bridgehead atoms. The first kappa shape index (κ1) is 24.1. The minimum absolute atomic E-state index is 0.281. The molecule has 0 spiro atoms. The number of benzene rings is 4. The van der Waals surface area contributed by atoms with E-state index in [0.29, 0.717) is 17.3 Å². The first-order chi connectivity index (χ1) is 19.5. The summed E-state index contributed by atoms with van der Waals surface area (Å²) in [6.45, 7) is 9.06. The summed E-state index contributed by atoms with van der Waals surface area (Å²) in [5.41, 5.74) is 8.15. The van der Waals surface area contributed by atoms with Crippen LogP contribution in [0.1, 0.15) is 56.4 Å². The van der Waals surface area contributed by atoms with Crippen molar-refractivity contribution in [3.05, 3.63) is 102 Å². The Hall–Kier alpha value is -4.95. The number of pyridine rings is 1. The van der Waals surface area contributed by atoms with Crippen LogP contribution in [-0.4, -0.2) is 14.5 Å². The Balaban J connectivity index is 1.65. The number of fused-ring (bicyclic) bond motifs is 5. The van der Waals surface area contributed by atoms with E-state index < -0.39 is 0 Å². The van der Waals surface area contributed by atoms with Crippen LogP contribution in [0.3, 0.4) is 0 Å². The average molecular weight is 521 g/mol. The zero-order valence-electron chi connectivity index (χ0n) is 22.9. The zero-order chi connectivity index (χ0) is 27.5. The van der Waals surface area contributed by atoms with Gasteiger partial charge in [-0.15, -0.1) is 0 Å². The van der Waals surface area contributed by atoms with Crippen LogP contribution in [0.2, 0.25) is 0 Å². The molecule has 3 heterocycles. The van der Waals surface area contributed by atoms with E-state index >= 15 is 0 Å². The lowest BCUT2D eigenvalue weighted by molar-refractivity contribution is 0.654. The van der Waals surface area contributed by atoms with Gasteiger partial charge in [-0.3, -0.25) is 4.57 Å². The maximum atomic E-state index is 9.40. The van der Waals surface area contributed by atoms with Gasteiger partial charge in [-0.25, -0.2) is 9.97 Å². The quantitative estimate of drug-likeness (QED) is 0.232. The molecule has 5 heteroatoms. The number of imidazole rings is 1. The van der Waals surface area contributed by atoms with Crippen LogP contribution in [-0.2, 0) is 0 Å². The number of nitrogens with zero attached hydrogens (tertiary/aromatic N) is 4. The average Bonchev–Trinajstić information content (AvgIpc) is 3.53. The molecule has 7 rings (SSSR count). The van der Waals surface area contributed by atoms with E-state index in [9.17, 15) is 5.26 Å². The highest BCUT2D eigenvalue weighted by Crippen LogP contribution is 2.43. The maximum Gasteiger partial charge on any atom is 0.228 e. The summed E-state index contributed by atoms with van der Waals surface area (Å²) in [6, 6.07) is 31.3. The monoisotopic (exact) mass is 520 g/mol. The Morgan fingerprint density at radius 1 is 0.775 bits per heavy atom. The SMILES string of the molecule is CC(C)c1cc2ccccc2c(C(C)C)c1-n1c(-c2cccc3c2oc2nc(C#N)ccc23)nc2ccccc21. The number of para-hydroxylation sites is 3. The van der Waals surface area contributed by atoms with E-state index in [1.807, 2.05) is 24.3 Å². The van der Waals surface area contributed by atoms with Crippen molar-refractivity contribution in [2.45, 2.75) is 39.5 Å². The summed E-state index contributed by atoms with van der Waals surface area (Å²) in [4.78, 5) is 9.67. The van der Waals surface area contributed by atoms with E-state index in [1.165, 1.54) is 27.6 Å². The van der Waals surface area contributed by atoms with Crippen LogP contribution in [0.25, 0.3) is 61.0 Å². The Bertz CT molecular complexity index is 2140. The second-order valence-electron chi connectivity index (χ2n) is 11.0. The third-order valence-electron chi connectivity index (χ3n) is 7.79. The topological polar surface area (TPSA) is 67.6 Å². The van der Waals surface area contributed by atoms with Crippen LogP contribution < -0.4 is 0 Å². The molecule has 194 valence electrons. The molecule has 7 aromatic rings. The van der Waals surface area contributed by atoms with Gasteiger partial charge in [0.2, 0.25) is 5.71 Å². The first-order valence-electron chi connectivity index (χ1n) is 13.7. The van der Waals surface area contributed by atoms with Crippen molar-refractivity contribution in [2.24, 2.45) is 0 Å². The summed E-state index contributed by atoms with van der Waals surface area (Å²) < 4.78 is 8.71. The molecule has 0 amide bonds. The Labute approximate surface area is 232 Å². The Morgan fingerprint density at radius 3 is 2.35 bits per heavy atom. The van der Waals surface area contributed by atoms with Crippen LogP contribution in [0, 0.1) is 11.3 Å². The van der Waals surface area contributed by atoms with Crippen molar-refractivity contribution in [3.63, 3.8) is 0 Å². The second kappa shape index (κ2) is 9.07. The van der Waals surface area contributed by atoms with Crippen LogP contribution in [0.4, 0.5) is 0 Å². The van der Waals surface area contributed by atoms with Gasteiger partial charge in [0.1, 0.15) is 23.2 Å². The minimum Gasteiger partial charge on any atom is -0.437 e. The van der Waals surface area contributed by atoms with Gasteiger partial charge in [-0.1, -0.05) is 76.2 Å². The predicted molar refractivity (Wildman–Crippen MR) is 162 cm³/mol. The van der Waals surface area contributed by atoms with E-state index in [2.05, 4.69) is 97.9 Å². The molecule has 0 saturated carbocycles. The molecule has 0 aliphatic heterocycles. The van der Waals surface area contributed by atoms with Crippen LogP contribution >= 0.6 is 0 Å². The fourth-order valence-corrected chi connectivity index (χ4v) is 6.01. The largest absolute Gasteiger partial charge is 0.437 e. The molecule has 40 heavy (non-hydrogen) atoms. The number of hydrogen-bond donors (Lipinski definition) is 0. The number of rotatable bonds is 4. The lowest BCUT2D eigenvalue weighted by Gasteiger charge is -2.25. The summed E-state index contributed by atoms with van der Waals surface area (Å²) in [5, 5.41) is 13.7. The molecule has 0 radical (unpaired) electrons. The van der Waals surface area contributed by atoms with E-state index in [4.69, 9.17) is 9.40 Å². The van der Waals surface area contributed by atoms with Crippen molar-refractivity contribution < 1.29 is 4.42 Å².